The van der Waals surface area contributed by atoms with Crippen LogP contribution in [0, 0.1) is 0 Å². The monoisotopic (exact) mass is 403 g/mol. The van der Waals surface area contributed by atoms with Crippen molar-refractivity contribution in [2.24, 2.45) is 5.10 Å². The molecule has 0 atom stereocenters. The third kappa shape index (κ3) is 4.20. The third-order valence-electron chi connectivity index (χ3n) is 4.33. The Kier molecular flexibility index (Phi) is 5.39. The first-order chi connectivity index (χ1) is 14.1. The van der Waals surface area contributed by atoms with Crippen LogP contribution in [0.4, 0.5) is 0 Å². The Hall–Kier alpha value is -3.45. The van der Waals surface area contributed by atoms with Crippen LogP contribution in [0.25, 0.3) is 21.9 Å². The van der Waals surface area contributed by atoms with E-state index in [1.807, 2.05) is 42.5 Å². The van der Waals surface area contributed by atoms with E-state index < -0.39 is 5.63 Å². The number of hydrogen-bond donors (Lipinski definition) is 1. The number of carbonyl (C=O) groups is 1. The zero-order valence-electron chi connectivity index (χ0n) is 15.6. The number of carbonyl (C=O) groups excluding carboxylic acids is 1. The molecule has 0 saturated heterocycles. The molecule has 0 aliphatic heterocycles. The fourth-order valence-corrected chi connectivity index (χ4v) is 3.72. The van der Waals surface area contributed by atoms with Gasteiger partial charge in [-0.1, -0.05) is 36.4 Å². The zero-order valence-corrected chi connectivity index (χ0v) is 16.4. The molecule has 0 aliphatic carbocycles. The molecule has 0 unspecified atom stereocenters. The number of benzene rings is 2. The number of para-hydroxylation sites is 2. The van der Waals surface area contributed by atoms with Gasteiger partial charge in [-0.25, -0.2) is 10.2 Å². The van der Waals surface area contributed by atoms with Crippen molar-refractivity contribution in [3.05, 3.63) is 82.8 Å². The zero-order chi connectivity index (χ0) is 20.2. The summed E-state index contributed by atoms with van der Waals surface area (Å²) >= 11 is 1.39. The molecule has 2 heterocycles. The summed E-state index contributed by atoms with van der Waals surface area (Å²) in [6.07, 6.45) is 1.73. The number of fused-ring (bicyclic) bond motifs is 2. The number of nitrogens with one attached hydrogen (secondary N) is 1. The predicted octanol–water partition coefficient (Wildman–Crippen LogP) is 3.97. The van der Waals surface area contributed by atoms with E-state index in [2.05, 4.69) is 15.5 Å². The van der Waals surface area contributed by atoms with Crippen LogP contribution >= 0.6 is 11.8 Å². The van der Waals surface area contributed by atoms with Gasteiger partial charge in [-0.3, -0.25) is 9.78 Å². The van der Waals surface area contributed by atoms with E-state index in [-0.39, 0.29) is 11.7 Å². The lowest BCUT2D eigenvalue weighted by atomic mass is 10.1. The van der Waals surface area contributed by atoms with Gasteiger partial charge in [0.25, 0.3) is 0 Å². The molecule has 1 amide bonds. The van der Waals surface area contributed by atoms with E-state index in [9.17, 15) is 9.59 Å². The van der Waals surface area contributed by atoms with E-state index in [0.29, 0.717) is 16.9 Å². The van der Waals surface area contributed by atoms with Crippen LogP contribution in [-0.2, 0) is 4.79 Å². The number of amides is 1. The van der Waals surface area contributed by atoms with Gasteiger partial charge in [0, 0.05) is 21.9 Å². The second-order valence-corrected chi connectivity index (χ2v) is 7.35. The van der Waals surface area contributed by atoms with Gasteiger partial charge in [0.1, 0.15) is 5.58 Å². The molecule has 0 spiro atoms. The number of pyridine rings is 1. The Morgan fingerprint density at radius 2 is 1.90 bits per heavy atom. The molecule has 6 nitrogen and oxygen atoms in total. The van der Waals surface area contributed by atoms with Crippen molar-refractivity contribution in [2.75, 3.05) is 5.75 Å². The number of nitrogens with zero attached hydrogens (tertiary/aromatic N) is 2. The molecule has 4 aromatic rings. The van der Waals surface area contributed by atoms with Crippen molar-refractivity contribution >= 4 is 45.3 Å². The van der Waals surface area contributed by atoms with Crippen LogP contribution < -0.4 is 11.1 Å². The molecule has 2 aromatic heterocycles. The van der Waals surface area contributed by atoms with E-state index in [1.165, 1.54) is 11.8 Å². The van der Waals surface area contributed by atoms with Gasteiger partial charge in [0.05, 0.1) is 22.5 Å². The molecule has 0 radical (unpaired) electrons. The van der Waals surface area contributed by atoms with E-state index in [0.717, 1.165) is 21.2 Å². The summed E-state index contributed by atoms with van der Waals surface area (Å²) in [6, 6.07) is 18.7. The Balaban J connectivity index is 1.45. The average molecular weight is 403 g/mol. The molecule has 1 N–H and O–H groups in total. The largest absolute Gasteiger partial charge is 0.422 e. The summed E-state index contributed by atoms with van der Waals surface area (Å²) in [6.45, 7) is 1.66. The molecule has 2 aromatic carbocycles. The highest BCUT2D eigenvalue weighted by molar-refractivity contribution is 8.00. The standard InChI is InChI=1S/C22H17N3O3S/c1-14(17-12-16-6-2-3-9-18(16)28-22(17)27)24-25-20(26)13-29-19-10-4-7-15-8-5-11-23-21(15)19/h2-12H,13H2,1H3,(H,25,26)/b24-14-. The van der Waals surface area contributed by atoms with Crippen LogP contribution in [0.2, 0.25) is 0 Å². The van der Waals surface area contributed by atoms with Gasteiger partial charge in [0.2, 0.25) is 5.91 Å². The maximum atomic E-state index is 12.2. The van der Waals surface area contributed by atoms with Crippen molar-refractivity contribution in [3.8, 4) is 0 Å². The maximum absolute atomic E-state index is 12.2. The fourth-order valence-electron chi connectivity index (χ4n) is 2.89. The molecule has 0 fully saturated rings. The van der Waals surface area contributed by atoms with Crippen molar-refractivity contribution in [1.29, 1.82) is 0 Å². The first kappa shape index (κ1) is 18.9. The second kappa shape index (κ2) is 8.28. The molecular weight excluding hydrogens is 386 g/mol. The van der Waals surface area contributed by atoms with Crippen molar-refractivity contribution in [2.45, 2.75) is 11.8 Å². The Morgan fingerprint density at radius 3 is 2.79 bits per heavy atom. The number of rotatable bonds is 5. The highest BCUT2D eigenvalue weighted by atomic mass is 32.2. The van der Waals surface area contributed by atoms with Crippen LogP contribution in [0.15, 0.2) is 86.1 Å². The predicted molar refractivity (Wildman–Crippen MR) is 115 cm³/mol. The minimum atomic E-state index is -0.490. The van der Waals surface area contributed by atoms with Crippen molar-refractivity contribution in [3.63, 3.8) is 0 Å². The SMILES string of the molecule is C/C(=N/NC(=O)CSc1cccc2cccnc12)c1cc2ccccc2oc1=O. The maximum Gasteiger partial charge on any atom is 0.345 e. The molecule has 0 aliphatic rings. The fraction of sp³-hybridized carbons (Fsp3) is 0.0909. The van der Waals surface area contributed by atoms with Crippen LogP contribution in [-0.4, -0.2) is 22.4 Å². The van der Waals surface area contributed by atoms with Crippen molar-refractivity contribution < 1.29 is 9.21 Å². The number of hydrogen-bond acceptors (Lipinski definition) is 6. The lowest BCUT2D eigenvalue weighted by molar-refractivity contribution is -0.118. The van der Waals surface area contributed by atoms with E-state index in [1.54, 1.807) is 31.3 Å². The highest BCUT2D eigenvalue weighted by Crippen LogP contribution is 2.25. The van der Waals surface area contributed by atoms with E-state index in [4.69, 9.17) is 4.42 Å². The molecule has 0 saturated carbocycles. The Labute approximate surface area is 170 Å². The summed E-state index contributed by atoms with van der Waals surface area (Å²) in [7, 11) is 0. The lowest BCUT2D eigenvalue weighted by Crippen LogP contribution is -2.23. The second-order valence-electron chi connectivity index (χ2n) is 6.34. The lowest BCUT2D eigenvalue weighted by Gasteiger charge is -2.05. The molecule has 7 heteroatoms. The number of thioether (sulfide) groups is 1. The van der Waals surface area contributed by atoms with Gasteiger partial charge in [-0.2, -0.15) is 5.10 Å². The van der Waals surface area contributed by atoms with Gasteiger partial charge >= 0.3 is 5.63 Å². The minimum Gasteiger partial charge on any atom is -0.422 e. The quantitative estimate of drug-likeness (QED) is 0.236. The van der Waals surface area contributed by atoms with E-state index >= 15 is 0 Å². The Bertz CT molecular complexity index is 1290. The van der Waals surface area contributed by atoms with Gasteiger partial charge in [-0.05, 0) is 31.2 Å². The summed E-state index contributed by atoms with van der Waals surface area (Å²) < 4.78 is 5.31. The molecule has 29 heavy (non-hydrogen) atoms. The topological polar surface area (TPSA) is 84.6 Å². The first-order valence-electron chi connectivity index (χ1n) is 8.95. The first-order valence-corrected chi connectivity index (χ1v) is 9.93. The van der Waals surface area contributed by atoms with Crippen LogP contribution in [0.3, 0.4) is 0 Å². The Morgan fingerprint density at radius 1 is 1.10 bits per heavy atom. The summed E-state index contributed by atoms with van der Waals surface area (Å²) in [5.74, 6) is -0.0915. The molecular formula is C22H17N3O3S. The average Bonchev–Trinajstić information content (AvgIpc) is 2.75. The number of hydrazone groups is 1. The van der Waals surface area contributed by atoms with Gasteiger partial charge in [-0.15, -0.1) is 11.8 Å². The molecule has 0 bridgehead atoms. The van der Waals surface area contributed by atoms with Crippen LogP contribution in [0.1, 0.15) is 12.5 Å². The third-order valence-corrected chi connectivity index (χ3v) is 5.38. The summed E-state index contributed by atoms with van der Waals surface area (Å²) in [5, 5.41) is 5.88. The minimum absolute atomic E-state index is 0.179. The highest BCUT2D eigenvalue weighted by Gasteiger charge is 2.10. The summed E-state index contributed by atoms with van der Waals surface area (Å²) in [4.78, 5) is 29.7. The smallest absolute Gasteiger partial charge is 0.345 e. The molecule has 4 rings (SSSR count). The summed E-state index contributed by atoms with van der Waals surface area (Å²) in [5.41, 5.74) is 4.08. The van der Waals surface area contributed by atoms with Crippen LogP contribution in [0.5, 0.6) is 0 Å². The van der Waals surface area contributed by atoms with Gasteiger partial charge in [0.15, 0.2) is 0 Å². The molecule has 144 valence electrons. The number of aromatic nitrogens is 1. The van der Waals surface area contributed by atoms with Crippen molar-refractivity contribution in [1.82, 2.24) is 10.4 Å². The van der Waals surface area contributed by atoms with Gasteiger partial charge < -0.3 is 4.42 Å². The normalized spacial score (nSPS) is 11.7.